The summed E-state index contributed by atoms with van der Waals surface area (Å²) in [7, 11) is 0. The standard InChI is InChI=1S/C17H26N4O/c1-5-13(4)21-16(22)15-8-6-14(7-9-15)11-20-17(18)19-10-12(2)3/h6-9,13H,2,5,10-11H2,1,3-4H3,(H,21,22)(H3,18,19,20). The number of nitrogens with one attached hydrogen (secondary N) is 2. The second-order valence-corrected chi connectivity index (χ2v) is 5.49. The Morgan fingerprint density at radius 1 is 1.36 bits per heavy atom. The Labute approximate surface area is 132 Å². The van der Waals surface area contributed by atoms with E-state index in [0.29, 0.717) is 24.6 Å². The van der Waals surface area contributed by atoms with E-state index in [-0.39, 0.29) is 11.9 Å². The summed E-state index contributed by atoms with van der Waals surface area (Å²) in [6.45, 7) is 10.8. The average Bonchev–Trinajstić information content (AvgIpc) is 2.51. The molecule has 0 saturated heterocycles. The van der Waals surface area contributed by atoms with Crippen LogP contribution in [0.4, 0.5) is 0 Å². The van der Waals surface area contributed by atoms with E-state index < -0.39 is 0 Å². The van der Waals surface area contributed by atoms with Crippen molar-refractivity contribution in [3.8, 4) is 0 Å². The van der Waals surface area contributed by atoms with E-state index in [1.807, 2.05) is 32.9 Å². The predicted molar refractivity (Wildman–Crippen MR) is 91.8 cm³/mol. The lowest BCUT2D eigenvalue weighted by Gasteiger charge is -2.11. The van der Waals surface area contributed by atoms with Gasteiger partial charge in [-0.15, -0.1) is 0 Å². The van der Waals surface area contributed by atoms with Crippen LogP contribution in [0.15, 0.2) is 41.4 Å². The van der Waals surface area contributed by atoms with E-state index >= 15 is 0 Å². The Morgan fingerprint density at radius 2 is 2.00 bits per heavy atom. The highest BCUT2D eigenvalue weighted by molar-refractivity contribution is 5.94. The Morgan fingerprint density at radius 3 is 2.55 bits per heavy atom. The van der Waals surface area contributed by atoms with E-state index in [2.05, 4.69) is 22.2 Å². The number of aliphatic imine (C=N–C) groups is 1. The first-order chi connectivity index (χ1) is 10.4. The molecule has 0 spiro atoms. The van der Waals surface area contributed by atoms with Crippen molar-refractivity contribution in [2.75, 3.05) is 6.54 Å². The van der Waals surface area contributed by atoms with E-state index in [1.54, 1.807) is 12.1 Å². The van der Waals surface area contributed by atoms with Crippen molar-refractivity contribution in [1.82, 2.24) is 10.6 Å². The number of hydrogen-bond donors (Lipinski definition) is 3. The fraction of sp³-hybridized carbons (Fsp3) is 0.412. The third kappa shape index (κ3) is 6.43. The van der Waals surface area contributed by atoms with Crippen molar-refractivity contribution in [2.24, 2.45) is 10.7 Å². The summed E-state index contributed by atoms with van der Waals surface area (Å²) >= 11 is 0. The van der Waals surface area contributed by atoms with Gasteiger partial charge in [0.25, 0.3) is 5.91 Å². The van der Waals surface area contributed by atoms with Gasteiger partial charge in [-0.2, -0.15) is 0 Å². The van der Waals surface area contributed by atoms with Gasteiger partial charge >= 0.3 is 0 Å². The molecule has 120 valence electrons. The number of nitrogens with two attached hydrogens (primary N) is 1. The van der Waals surface area contributed by atoms with Gasteiger partial charge in [-0.3, -0.25) is 4.79 Å². The molecule has 0 heterocycles. The lowest BCUT2D eigenvalue weighted by Crippen LogP contribution is -2.32. The van der Waals surface area contributed by atoms with Gasteiger partial charge in [0.2, 0.25) is 0 Å². The summed E-state index contributed by atoms with van der Waals surface area (Å²) in [6.07, 6.45) is 0.912. The summed E-state index contributed by atoms with van der Waals surface area (Å²) in [6, 6.07) is 7.57. The predicted octanol–water partition coefficient (Wildman–Crippen LogP) is 2.20. The van der Waals surface area contributed by atoms with Crippen LogP contribution in [-0.2, 0) is 6.54 Å². The first-order valence-electron chi connectivity index (χ1n) is 7.50. The molecule has 0 aliphatic rings. The maximum atomic E-state index is 12.0. The van der Waals surface area contributed by atoms with Crippen LogP contribution in [0.1, 0.15) is 43.1 Å². The number of hydrogen-bond acceptors (Lipinski definition) is 2. The molecule has 1 atom stereocenters. The highest BCUT2D eigenvalue weighted by Gasteiger charge is 2.07. The monoisotopic (exact) mass is 302 g/mol. The van der Waals surface area contributed by atoms with E-state index in [1.165, 1.54) is 0 Å². The molecule has 0 radical (unpaired) electrons. The third-order valence-electron chi connectivity index (χ3n) is 3.21. The molecule has 0 saturated carbocycles. The molecule has 0 fully saturated rings. The highest BCUT2D eigenvalue weighted by Crippen LogP contribution is 2.06. The van der Waals surface area contributed by atoms with Crippen molar-refractivity contribution >= 4 is 11.9 Å². The van der Waals surface area contributed by atoms with Gasteiger partial charge in [0.05, 0.1) is 6.54 Å². The molecule has 0 aromatic heterocycles. The topological polar surface area (TPSA) is 79.5 Å². The van der Waals surface area contributed by atoms with Crippen LogP contribution < -0.4 is 16.4 Å². The van der Waals surface area contributed by atoms with Crippen LogP contribution in [0.5, 0.6) is 0 Å². The Balaban J connectivity index is 2.56. The number of rotatable bonds is 7. The summed E-state index contributed by atoms with van der Waals surface area (Å²) in [4.78, 5) is 16.2. The molecule has 0 aliphatic heterocycles. The van der Waals surface area contributed by atoms with Crippen molar-refractivity contribution in [1.29, 1.82) is 0 Å². The molecule has 1 amide bonds. The summed E-state index contributed by atoms with van der Waals surface area (Å²) in [5.74, 6) is 0.341. The first kappa shape index (κ1) is 17.8. The number of carbonyl (C=O) groups excluding carboxylic acids is 1. The summed E-state index contributed by atoms with van der Waals surface area (Å²) in [5.41, 5.74) is 8.40. The molecule has 1 rings (SSSR count). The lowest BCUT2D eigenvalue weighted by atomic mass is 10.1. The summed E-state index contributed by atoms with van der Waals surface area (Å²) < 4.78 is 0. The van der Waals surface area contributed by atoms with Crippen LogP contribution in [0.3, 0.4) is 0 Å². The van der Waals surface area contributed by atoms with Crippen molar-refractivity contribution < 1.29 is 4.79 Å². The SMILES string of the molecule is C=C(C)CNC(N)=NCc1ccc(C(=O)NC(C)CC)cc1. The first-order valence-corrected chi connectivity index (χ1v) is 7.50. The van der Waals surface area contributed by atoms with E-state index in [9.17, 15) is 4.79 Å². The fourth-order valence-corrected chi connectivity index (χ4v) is 1.64. The van der Waals surface area contributed by atoms with Crippen LogP contribution in [0.2, 0.25) is 0 Å². The maximum Gasteiger partial charge on any atom is 0.251 e. The normalized spacial score (nSPS) is 12.6. The quantitative estimate of drug-likeness (QED) is 0.410. The molecule has 5 nitrogen and oxygen atoms in total. The molecule has 1 unspecified atom stereocenters. The van der Waals surface area contributed by atoms with Gasteiger partial charge in [-0.1, -0.05) is 31.2 Å². The molecule has 5 heteroatoms. The zero-order valence-corrected chi connectivity index (χ0v) is 13.6. The maximum absolute atomic E-state index is 12.0. The van der Waals surface area contributed by atoms with Gasteiger partial charge in [0.15, 0.2) is 5.96 Å². The minimum Gasteiger partial charge on any atom is -0.370 e. The largest absolute Gasteiger partial charge is 0.370 e. The number of carbonyl (C=O) groups is 1. The van der Waals surface area contributed by atoms with Crippen LogP contribution in [0, 0.1) is 0 Å². The Kier molecular flexibility index (Phi) is 7.16. The zero-order chi connectivity index (χ0) is 16.5. The third-order valence-corrected chi connectivity index (χ3v) is 3.21. The van der Waals surface area contributed by atoms with Crippen LogP contribution >= 0.6 is 0 Å². The van der Waals surface area contributed by atoms with Gasteiger partial charge in [-0.25, -0.2) is 4.99 Å². The molecular weight excluding hydrogens is 276 g/mol. The van der Waals surface area contributed by atoms with Crippen molar-refractivity contribution in [2.45, 2.75) is 39.8 Å². The molecule has 0 bridgehead atoms. The number of nitrogens with zero attached hydrogens (tertiary/aromatic N) is 1. The number of amides is 1. The molecule has 0 aliphatic carbocycles. The lowest BCUT2D eigenvalue weighted by molar-refractivity contribution is 0.0939. The number of benzene rings is 1. The van der Waals surface area contributed by atoms with E-state index in [4.69, 9.17) is 5.73 Å². The Bertz CT molecular complexity index is 534. The second kappa shape index (κ2) is 8.87. The molecule has 1 aromatic rings. The highest BCUT2D eigenvalue weighted by atomic mass is 16.1. The van der Waals surface area contributed by atoms with Crippen molar-refractivity contribution in [3.63, 3.8) is 0 Å². The van der Waals surface area contributed by atoms with Gasteiger partial charge in [0, 0.05) is 18.2 Å². The van der Waals surface area contributed by atoms with Gasteiger partial charge < -0.3 is 16.4 Å². The molecule has 4 N–H and O–H groups in total. The second-order valence-electron chi connectivity index (χ2n) is 5.49. The smallest absolute Gasteiger partial charge is 0.251 e. The minimum absolute atomic E-state index is 0.0490. The fourth-order valence-electron chi connectivity index (χ4n) is 1.64. The van der Waals surface area contributed by atoms with Gasteiger partial charge in [-0.05, 0) is 38.0 Å². The van der Waals surface area contributed by atoms with Crippen LogP contribution in [-0.4, -0.2) is 24.5 Å². The Hall–Kier alpha value is -2.30. The van der Waals surface area contributed by atoms with E-state index in [0.717, 1.165) is 17.6 Å². The molecule has 22 heavy (non-hydrogen) atoms. The minimum atomic E-state index is -0.0490. The zero-order valence-electron chi connectivity index (χ0n) is 13.6. The number of guanidine groups is 1. The molecule has 1 aromatic carbocycles. The summed E-state index contributed by atoms with van der Waals surface area (Å²) in [5, 5.41) is 5.91. The average molecular weight is 302 g/mol. The van der Waals surface area contributed by atoms with Crippen molar-refractivity contribution in [3.05, 3.63) is 47.5 Å². The molecular formula is C17H26N4O. The van der Waals surface area contributed by atoms with Gasteiger partial charge in [0.1, 0.15) is 0 Å². The van der Waals surface area contributed by atoms with Crippen LogP contribution in [0.25, 0.3) is 0 Å².